The van der Waals surface area contributed by atoms with Gasteiger partial charge in [-0.25, -0.2) is 13.2 Å². The Labute approximate surface area is 72.5 Å². The third-order valence-electron chi connectivity index (χ3n) is 1.70. The average molecular weight is 202 g/mol. The van der Waals surface area contributed by atoms with E-state index in [2.05, 4.69) is 0 Å². The number of hydrogen-bond donors (Lipinski definition) is 0. The Morgan fingerprint density at radius 2 is 1.67 bits per heavy atom. The standard InChI is InChI=1S/C6H13F3O2Si/c1-10-6(12,11-2)3-4(7)5(8)9/h4-5H,3H2,1-2,12H3. The van der Waals surface area contributed by atoms with E-state index in [0.29, 0.717) is 10.2 Å². The van der Waals surface area contributed by atoms with Gasteiger partial charge in [-0.2, -0.15) is 0 Å². The number of methoxy groups -OCH3 is 2. The van der Waals surface area contributed by atoms with Crippen LogP contribution in [0.15, 0.2) is 0 Å². The molecule has 0 rings (SSSR count). The van der Waals surface area contributed by atoms with Crippen LogP contribution in [0, 0.1) is 0 Å². The van der Waals surface area contributed by atoms with Crippen LogP contribution in [0.5, 0.6) is 0 Å². The zero-order valence-corrected chi connectivity index (χ0v) is 9.31. The summed E-state index contributed by atoms with van der Waals surface area (Å²) in [5.41, 5.74) is -1.13. The Bertz CT molecular complexity index is 130. The second-order valence-electron chi connectivity index (χ2n) is 2.60. The highest BCUT2D eigenvalue weighted by atomic mass is 28.1. The molecule has 0 bridgehead atoms. The lowest BCUT2D eigenvalue weighted by Gasteiger charge is -2.27. The Balaban J connectivity index is 4.02. The van der Waals surface area contributed by atoms with E-state index in [1.807, 2.05) is 0 Å². The van der Waals surface area contributed by atoms with Crippen LogP contribution in [0.2, 0.25) is 0 Å². The van der Waals surface area contributed by atoms with Crippen LogP contribution in [0.3, 0.4) is 0 Å². The van der Waals surface area contributed by atoms with Gasteiger partial charge >= 0.3 is 0 Å². The van der Waals surface area contributed by atoms with Crippen molar-refractivity contribution in [2.75, 3.05) is 14.2 Å². The molecule has 0 amide bonds. The summed E-state index contributed by atoms with van der Waals surface area (Å²) in [5, 5.41) is 0. The van der Waals surface area contributed by atoms with Gasteiger partial charge < -0.3 is 9.47 Å². The molecule has 0 aromatic carbocycles. The van der Waals surface area contributed by atoms with E-state index in [1.165, 1.54) is 14.2 Å². The van der Waals surface area contributed by atoms with Gasteiger partial charge in [0.1, 0.15) is 5.41 Å². The van der Waals surface area contributed by atoms with E-state index in [-0.39, 0.29) is 0 Å². The van der Waals surface area contributed by atoms with Gasteiger partial charge in [0.05, 0.1) is 10.2 Å². The molecule has 0 saturated heterocycles. The molecule has 12 heavy (non-hydrogen) atoms. The fourth-order valence-corrected chi connectivity index (χ4v) is 1.08. The van der Waals surface area contributed by atoms with Crippen molar-refractivity contribution in [3.8, 4) is 0 Å². The number of rotatable bonds is 5. The van der Waals surface area contributed by atoms with Gasteiger partial charge in [-0.1, -0.05) is 0 Å². The van der Waals surface area contributed by atoms with Gasteiger partial charge in [-0.3, -0.25) is 0 Å². The van der Waals surface area contributed by atoms with Crippen LogP contribution in [-0.4, -0.2) is 42.5 Å². The van der Waals surface area contributed by atoms with E-state index in [1.54, 1.807) is 0 Å². The van der Waals surface area contributed by atoms with Crippen LogP contribution in [0.1, 0.15) is 6.42 Å². The van der Waals surface area contributed by atoms with Gasteiger partial charge in [0.2, 0.25) is 0 Å². The van der Waals surface area contributed by atoms with Crippen molar-refractivity contribution in [3.05, 3.63) is 0 Å². The van der Waals surface area contributed by atoms with E-state index >= 15 is 0 Å². The van der Waals surface area contributed by atoms with Crippen LogP contribution < -0.4 is 0 Å². The maximum Gasteiger partial charge on any atom is 0.269 e. The predicted molar refractivity (Wildman–Crippen MR) is 42.2 cm³/mol. The summed E-state index contributed by atoms with van der Waals surface area (Å²) in [6.45, 7) is 0. The zero-order chi connectivity index (χ0) is 9.78. The first-order valence-electron chi connectivity index (χ1n) is 3.47. The fraction of sp³-hybridized carbons (Fsp3) is 1.00. The number of ether oxygens (including phenoxy) is 2. The topological polar surface area (TPSA) is 18.5 Å². The molecule has 1 unspecified atom stereocenters. The van der Waals surface area contributed by atoms with E-state index in [4.69, 9.17) is 9.47 Å². The second kappa shape index (κ2) is 4.83. The molecule has 2 nitrogen and oxygen atoms in total. The molecule has 1 atom stereocenters. The van der Waals surface area contributed by atoms with Crippen LogP contribution in [-0.2, 0) is 9.47 Å². The summed E-state index contributed by atoms with van der Waals surface area (Å²) in [5.74, 6) is 0. The van der Waals surface area contributed by atoms with Crippen molar-refractivity contribution in [2.24, 2.45) is 0 Å². The Kier molecular flexibility index (Phi) is 4.80. The van der Waals surface area contributed by atoms with Crippen molar-refractivity contribution >= 4 is 10.2 Å². The minimum atomic E-state index is -2.97. The summed E-state index contributed by atoms with van der Waals surface area (Å²) < 4.78 is 45.6. The SMILES string of the molecule is COC([SiH3])(CC(F)C(F)F)OC. The molecule has 0 fully saturated rings. The van der Waals surface area contributed by atoms with E-state index < -0.39 is 24.4 Å². The lowest BCUT2D eigenvalue weighted by atomic mass is 10.2. The number of halogens is 3. The maximum absolute atomic E-state index is 12.5. The Morgan fingerprint density at radius 1 is 1.25 bits per heavy atom. The number of hydrogen-bond acceptors (Lipinski definition) is 2. The zero-order valence-electron chi connectivity index (χ0n) is 7.31. The van der Waals surface area contributed by atoms with Crippen molar-refractivity contribution in [1.29, 1.82) is 0 Å². The average Bonchev–Trinajstić information content (AvgIpc) is 2.04. The predicted octanol–water partition coefficient (Wildman–Crippen LogP) is 0.292. The Morgan fingerprint density at radius 3 is 1.92 bits per heavy atom. The van der Waals surface area contributed by atoms with Gasteiger partial charge in [0.15, 0.2) is 6.17 Å². The molecular formula is C6H13F3O2Si. The smallest absolute Gasteiger partial charge is 0.269 e. The first-order valence-corrected chi connectivity index (χ1v) is 4.47. The first-order chi connectivity index (χ1) is 5.45. The minimum Gasteiger partial charge on any atom is -0.358 e. The third kappa shape index (κ3) is 3.55. The minimum absolute atomic E-state index is 0.346. The summed E-state index contributed by atoms with van der Waals surface area (Å²) in [7, 11) is 2.97. The van der Waals surface area contributed by atoms with Crippen molar-refractivity contribution in [2.45, 2.75) is 24.4 Å². The highest BCUT2D eigenvalue weighted by Gasteiger charge is 2.32. The first kappa shape index (κ1) is 11.9. The summed E-state index contributed by atoms with van der Waals surface area (Å²) in [4.78, 5) is 0. The largest absolute Gasteiger partial charge is 0.358 e. The van der Waals surface area contributed by atoms with Crippen molar-refractivity contribution in [1.82, 2.24) is 0 Å². The lowest BCUT2D eigenvalue weighted by Crippen LogP contribution is -2.38. The fourth-order valence-electron chi connectivity index (χ4n) is 0.693. The van der Waals surface area contributed by atoms with E-state index in [9.17, 15) is 13.2 Å². The van der Waals surface area contributed by atoms with Crippen LogP contribution in [0.4, 0.5) is 13.2 Å². The highest BCUT2D eigenvalue weighted by molar-refractivity contribution is 6.13. The molecule has 0 spiro atoms. The lowest BCUT2D eigenvalue weighted by molar-refractivity contribution is -0.163. The molecule has 0 aliphatic heterocycles. The highest BCUT2D eigenvalue weighted by Crippen LogP contribution is 2.20. The van der Waals surface area contributed by atoms with Crippen LogP contribution >= 0.6 is 0 Å². The monoisotopic (exact) mass is 202 g/mol. The molecule has 0 aliphatic rings. The van der Waals surface area contributed by atoms with Gasteiger partial charge in [0.25, 0.3) is 6.43 Å². The molecule has 6 heteroatoms. The molecule has 0 radical (unpaired) electrons. The molecule has 0 aromatic heterocycles. The van der Waals surface area contributed by atoms with Crippen LogP contribution in [0.25, 0.3) is 0 Å². The van der Waals surface area contributed by atoms with Gasteiger partial charge in [-0.15, -0.1) is 0 Å². The molecule has 0 N–H and O–H groups in total. The third-order valence-corrected chi connectivity index (χ3v) is 2.93. The molecule has 0 heterocycles. The van der Waals surface area contributed by atoms with Crippen molar-refractivity contribution in [3.63, 3.8) is 0 Å². The number of alkyl halides is 3. The molecule has 0 saturated carbocycles. The molecular weight excluding hydrogens is 189 g/mol. The summed E-state index contributed by atoms with van der Waals surface area (Å²) >= 11 is 0. The summed E-state index contributed by atoms with van der Waals surface area (Å²) in [6, 6.07) is 0. The van der Waals surface area contributed by atoms with Crippen molar-refractivity contribution < 1.29 is 22.6 Å². The summed E-state index contributed by atoms with van der Waals surface area (Å²) in [6.07, 6.45) is -5.56. The quantitative estimate of drug-likeness (QED) is 0.471. The Hall–Kier alpha value is -0.0731. The normalized spacial score (nSPS) is 15.5. The van der Waals surface area contributed by atoms with Gasteiger partial charge in [-0.05, 0) is 0 Å². The second-order valence-corrected chi connectivity index (χ2v) is 4.12. The molecule has 0 aliphatic carbocycles. The maximum atomic E-state index is 12.5. The van der Waals surface area contributed by atoms with E-state index in [0.717, 1.165) is 0 Å². The molecule has 0 aromatic rings. The molecule has 74 valence electrons. The van der Waals surface area contributed by atoms with Gasteiger partial charge in [0, 0.05) is 20.6 Å².